The van der Waals surface area contributed by atoms with E-state index < -0.39 is 0 Å². The molecule has 1 fully saturated rings. The van der Waals surface area contributed by atoms with Crippen LogP contribution < -0.4 is 10.1 Å². The van der Waals surface area contributed by atoms with Gasteiger partial charge in [-0.1, -0.05) is 12.1 Å². The van der Waals surface area contributed by atoms with Crippen molar-refractivity contribution in [2.24, 2.45) is 0 Å². The lowest BCUT2D eigenvalue weighted by atomic mass is 10.2. The molecular formula is C12H17NO3. The molecule has 4 heteroatoms. The largest absolute Gasteiger partial charge is 0.495 e. The van der Waals surface area contributed by atoms with Crippen LogP contribution in [0.4, 0.5) is 5.69 Å². The van der Waals surface area contributed by atoms with E-state index in [0.29, 0.717) is 6.79 Å². The van der Waals surface area contributed by atoms with Crippen LogP contribution in [-0.2, 0) is 9.47 Å². The number of para-hydroxylation sites is 2. The van der Waals surface area contributed by atoms with Gasteiger partial charge in [-0.05, 0) is 18.6 Å². The van der Waals surface area contributed by atoms with Gasteiger partial charge in [-0.15, -0.1) is 0 Å². The topological polar surface area (TPSA) is 39.7 Å². The molecule has 0 amide bonds. The normalized spacial score (nSPS) is 20.4. The van der Waals surface area contributed by atoms with E-state index in [1.54, 1.807) is 7.11 Å². The molecule has 0 saturated carbocycles. The number of methoxy groups -OCH3 is 1. The highest BCUT2D eigenvalue weighted by atomic mass is 16.7. The fourth-order valence-corrected chi connectivity index (χ4v) is 1.68. The second kappa shape index (κ2) is 5.72. The first-order chi connectivity index (χ1) is 7.90. The maximum absolute atomic E-state index is 5.45. The second-order valence-corrected chi connectivity index (χ2v) is 3.68. The molecule has 1 heterocycles. The van der Waals surface area contributed by atoms with Crippen molar-refractivity contribution in [3.63, 3.8) is 0 Å². The van der Waals surface area contributed by atoms with Crippen molar-refractivity contribution in [2.45, 2.75) is 12.5 Å². The van der Waals surface area contributed by atoms with Gasteiger partial charge in [-0.2, -0.15) is 0 Å². The molecule has 0 spiro atoms. The summed E-state index contributed by atoms with van der Waals surface area (Å²) >= 11 is 0. The van der Waals surface area contributed by atoms with E-state index in [2.05, 4.69) is 5.32 Å². The molecule has 0 aromatic heterocycles. The first kappa shape index (κ1) is 11.2. The Bertz CT molecular complexity index is 324. The Morgan fingerprint density at radius 1 is 1.44 bits per heavy atom. The smallest absolute Gasteiger partial charge is 0.147 e. The number of rotatable bonds is 4. The Hall–Kier alpha value is -1.26. The highest BCUT2D eigenvalue weighted by molar-refractivity contribution is 5.56. The zero-order valence-corrected chi connectivity index (χ0v) is 9.44. The molecule has 4 nitrogen and oxygen atoms in total. The first-order valence-electron chi connectivity index (χ1n) is 5.46. The van der Waals surface area contributed by atoms with E-state index in [9.17, 15) is 0 Å². The molecule has 88 valence electrons. The molecule has 16 heavy (non-hydrogen) atoms. The minimum atomic E-state index is 0.221. The van der Waals surface area contributed by atoms with Gasteiger partial charge in [0.05, 0.1) is 25.5 Å². The molecule has 1 aliphatic heterocycles. The van der Waals surface area contributed by atoms with Crippen molar-refractivity contribution < 1.29 is 14.2 Å². The predicted octanol–water partition coefficient (Wildman–Crippen LogP) is 1.87. The summed E-state index contributed by atoms with van der Waals surface area (Å²) in [6.45, 7) is 1.96. The third-order valence-electron chi connectivity index (χ3n) is 2.60. The number of hydrogen-bond acceptors (Lipinski definition) is 4. The lowest BCUT2D eigenvalue weighted by Crippen LogP contribution is -2.30. The third kappa shape index (κ3) is 2.87. The molecule has 1 N–H and O–H groups in total. The molecule has 2 rings (SSSR count). The molecule has 1 atom stereocenters. The van der Waals surface area contributed by atoms with Gasteiger partial charge in [0.15, 0.2) is 0 Å². The number of ether oxygens (including phenoxy) is 3. The maximum Gasteiger partial charge on any atom is 0.147 e. The lowest BCUT2D eigenvalue weighted by molar-refractivity contribution is -0.133. The van der Waals surface area contributed by atoms with Crippen LogP contribution in [0.5, 0.6) is 5.75 Å². The summed E-state index contributed by atoms with van der Waals surface area (Å²) in [7, 11) is 1.67. The van der Waals surface area contributed by atoms with E-state index in [4.69, 9.17) is 14.2 Å². The summed E-state index contributed by atoms with van der Waals surface area (Å²) in [6, 6.07) is 7.87. The van der Waals surface area contributed by atoms with Crippen LogP contribution in [0, 0.1) is 0 Å². The molecule has 0 radical (unpaired) electrons. The SMILES string of the molecule is COc1ccccc1NCC1CCOCO1. The summed E-state index contributed by atoms with van der Waals surface area (Å²) in [5.74, 6) is 0.856. The van der Waals surface area contributed by atoms with Gasteiger partial charge in [-0.3, -0.25) is 0 Å². The number of anilines is 1. The number of benzene rings is 1. The molecule has 1 aliphatic rings. The fourth-order valence-electron chi connectivity index (χ4n) is 1.68. The summed E-state index contributed by atoms with van der Waals surface area (Å²) in [6.07, 6.45) is 1.15. The van der Waals surface area contributed by atoms with E-state index in [0.717, 1.165) is 31.0 Å². The summed E-state index contributed by atoms with van der Waals surface area (Å²) in [5, 5.41) is 3.33. The number of hydrogen-bond donors (Lipinski definition) is 1. The molecule has 0 bridgehead atoms. The highest BCUT2D eigenvalue weighted by Gasteiger charge is 2.14. The van der Waals surface area contributed by atoms with Crippen molar-refractivity contribution in [2.75, 3.05) is 32.4 Å². The van der Waals surface area contributed by atoms with Gasteiger partial charge < -0.3 is 19.5 Å². The molecular weight excluding hydrogens is 206 g/mol. The summed E-state index contributed by atoms with van der Waals surface area (Å²) in [5.41, 5.74) is 1.00. The zero-order chi connectivity index (χ0) is 11.2. The van der Waals surface area contributed by atoms with E-state index in [1.165, 1.54) is 0 Å². The van der Waals surface area contributed by atoms with Gasteiger partial charge >= 0.3 is 0 Å². The second-order valence-electron chi connectivity index (χ2n) is 3.68. The standard InChI is InChI=1S/C12H17NO3/c1-14-12-5-3-2-4-11(12)13-8-10-6-7-15-9-16-10/h2-5,10,13H,6-9H2,1H3. The first-order valence-corrected chi connectivity index (χ1v) is 5.46. The Kier molecular flexibility index (Phi) is 4.02. The van der Waals surface area contributed by atoms with Crippen molar-refractivity contribution in [3.8, 4) is 5.75 Å². The molecule has 0 aliphatic carbocycles. The zero-order valence-electron chi connectivity index (χ0n) is 9.44. The molecule has 1 saturated heterocycles. The van der Waals surface area contributed by atoms with Gasteiger partial charge in [0.1, 0.15) is 12.5 Å². The van der Waals surface area contributed by atoms with Gasteiger partial charge in [0, 0.05) is 6.54 Å². The van der Waals surface area contributed by atoms with Crippen LogP contribution >= 0.6 is 0 Å². The Morgan fingerprint density at radius 2 is 2.31 bits per heavy atom. The van der Waals surface area contributed by atoms with Crippen molar-refractivity contribution in [1.29, 1.82) is 0 Å². The predicted molar refractivity (Wildman–Crippen MR) is 61.8 cm³/mol. The maximum atomic E-state index is 5.45. The summed E-state index contributed by atoms with van der Waals surface area (Å²) < 4.78 is 15.8. The Labute approximate surface area is 95.5 Å². The molecule has 1 aromatic carbocycles. The minimum absolute atomic E-state index is 0.221. The molecule has 1 unspecified atom stereocenters. The van der Waals surface area contributed by atoms with E-state index in [1.807, 2.05) is 24.3 Å². The van der Waals surface area contributed by atoms with E-state index >= 15 is 0 Å². The van der Waals surface area contributed by atoms with Gasteiger partial charge in [-0.25, -0.2) is 0 Å². The quantitative estimate of drug-likeness (QED) is 0.846. The third-order valence-corrected chi connectivity index (χ3v) is 2.60. The van der Waals surface area contributed by atoms with Crippen molar-refractivity contribution in [3.05, 3.63) is 24.3 Å². The molecule has 1 aromatic rings. The summed E-state index contributed by atoms with van der Waals surface area (Å²) in [4.78, 5) is 0. The van der Waals surface area contributed by atoms with Crippen LogP contribution in [0.2, 0.25) is 0 Å². The van der Waals surface area contributed by atoms with Crippen LogP contribution in [0.15, 0.2) is 24.3 Å². The van der Waals surface area contributed by atoms with Crippen molar-refractivity contribution >= 4 is 5.69 Å². The van der Waals surface area contributed by atoms with E-state index in [-0.39, 0.29) is 6.10 Å². The Balaban J connectivity index is 1.88. The van der Waals surface area contributed by atoms with Gasteiger partial charge in [0.25, 0.3) is 0 Å². The monoisotopic (exact) mass is 223 g/mol. The lowest BCUT2D eigenvalue weighted by Gasteiger charge is -2.23. The van der Waals surface area contributed by atoms with Crippen LogP contribution in [0.25, 0.3) is 0 Å². The highest BCUT2D eigenvalue weighted by Crippen LogP contribution is 2.23. The van der Waals surface area contributed by atoms with Gasteiger partial charge in [0.2, 0.25) is 0 Å². The van der Waals surface area contributed by atoms with Crippen molar-refractivity contribution in [1.82, 2.24) is 0 Å². The minimum Gasteiger partial charge on any atom is -0.495 e. The fraction of sp³-hybridized carbons (Fsp3) is 0.500. The Morgan fingerprint density at radius 3 is 3.06 bits per heavy atom. The van der Waals surface area contributed by atoms with Crippen LogP contribution in [-0.4, -0.2) is 33.2 Å². The van der Waals surface area contributed by atoms with Crippen LogP contribution in [0.1, 0.15) is 6.42 Å². The average molecular weight is 223 g/mol. The average Bonchev–Trinajstić information content (AvgIpc) is 2.38. The van der Waals surface area contributed by atoms with Crippen LogP contribution in [0.3, 0.4) is 0 Å². The number of nitrogens with one attached hydrogen (secondary N) is 1.